The minimum atomic E-state index is -0.186. The minimum Gasteiger partial charge on any atom is -0.325 e. The molecule has 0 unspecified atom stereocenters. The predicted molar refractivity (Wildman–Crippen MR) is 79.3 cm³/mol. The number of nitrogens with one attached hydrogen (secondary N) is 1. The molecular formula is C16H24N2O. The molecule has 0 aromatic heterocycles. The molecule has 1 amide bonds. The Bertz CT molecular complexity index is 448. The lowest BCUT2D eigenvalue weighted by Crippen LogP contribution is -2.45. The fraction of sp³-hybridized carbons (Fsp3) is 0.562. The zero-order valence-corrected chi connectivity index (χ0v) is 12.2. The summed E-state index contributed by atoms with van der Waals surface area (Å²) in [6.45, 7) is 6.18. The van der Waals surface area contributed by atoms with Crippen LogP contribution < -0.4 is 5.32 Å². The van der Waals surface area contributed by atoms with Gasteiger partial charge in [0.05, 0.1) is 5.41 Å². The molecule has 1 N–H and O–H groups in total. The predicted octanol–water partition coefficient (Wildman–Crippen LogP) is 3.06. The minimum absolute atomic E-state index is 0.186. The topological polar surface area (TPSA) is 32.3 Å². The SMILES string of the molecule is CCC1(C(=O)Nc2ccccc2C)CCN(C)CC1. The number of piperidine rings is 1. The number of benzene rings is 1. The Morgan fingerprint density at radius 1 is 1.32 bits per heavy atom. The van der Waals surface area contributed by atoms with Crippen molar-refractivity contribution in [3.05, 3.63) is 29.8 Å². The maximum atomic E-state index is 12.6. The van der Waals surface area contributed by atoms with Gasteiger partial charge >= 0.3 is 0 Å². The first kappa shape index (κ1) is 14.1. The molecule has 0 atom stereocenters. The van der Waals surface area contributed by atoms with Gasteiger partial charge in [0.1, 0.15) is 0 Å². The third-order valence-corrected chi connectivity index (χ3v) is 4.50. The molecule has 19 heavy (non-hydrogen) atoms. The largest absolute Gasteiger partial charge is 0.325 e. The highest BCUT2D eigenvalue weighted by Crippen LogP contribution is 2.36. The molecule has 0 spiro atoms. The summed E-state index contributed by atoms with van der Waals surface area (Å²) >= 11 is 0. The van der Waals surface area contributed by atoms with Crippen LogP contribution in [0.25, 0.3) is 0 Å². The van der Waals surface area contributed by atoms with E-state index >= 15 is 0 Å². The molecule has 0 bridgehead atoms. The molecule has 0 saturated carbocycles. The molecule has 1 aromatic rings. The molecule has 1 aliphatic rings. The standard InChI is InChI=1S/C16H24N2O/c1-4-16(9-11-18(3)12-10-16)15(19)17-14-8-6-5-7-13(14)2/h5-8H,4,9-12H2,1-3H3,(H,17,19). The van der Waals surface area contributed by atoms with E-state index in [2.05, 4.69) is 24.2 Å². The first-order valence-electron chi connectivity index (χ1n) is 7.13. The van der Waals surface area contributed by atoms with Crippen molar-refractivity contribution < 1.29 is 4.79 Å². The first-order chi connectivity index (χ1) is 9.07. The molecule has 1 heterocycles. The van der Waals surface area contributed by atoms with E-state index in [1.165, 1.54) is 0 Å². The molecule has 3 nitrogen and oxygen atoms in total. The van der Waals surface area contributed by atoms with Crippen LogP contribution in [0.2, 0.25) is 0 Å². The van der Waals surface area contributed by atoms with Crippen LogP contribution in [0.1, 0.15) is 31.7 Å². The highest BCUT2D eigenvalue weighted by atomic mass is 16.2. The molecule has 104 valence electrons. The van der Waals surface area contributed by atoms with E-state index in [1.54, 1.807) is 0 Å². The average Bonchev–Trinajstić information content (AvgIpc) is 2.42. The number of likely N-dealkylation sites (tertiary alicyclic amines) is 1. The third kappa shape index (κ3) is 2.98. The lowest BCUT2D eigenvalue weighted by Gasteiger charge is -2.38. The number of carbonyl (C=O) groups excluding carboxylic acids is 1. The fourth-order valence-corrected chi connectivity index (χ4v) is 2.76. The zero-order valence-electron chi connectivity index (χ0n) is 12.2. The molecular weight excluding hydrogens is 236 g/mol. The third-order valence-electron chi connectivity index (χ3n) is 4.50. The molecule has 1 aromatic carbocycles. The van der Waals surface area contributed by atoms with Gasteiger partial charge in [-0.15, -0.1) is 0 Å². The van der Waals surface area contributed by atoms with E-state index in [-0.39, 0.29) is 11.3 Å². The molecule has 1 aliphatic heterocycles. The van der Waals surface area contributed by atoms with E-state index in [1.807, 2.05) is 31.2 Å². The Morgan fingerprint density at radius 3 is 2.53 bits per heavy atom. The molecule has 3 heteroatoms. The summed E-state index contributed by atoms with van der Waals surface area (Å²) in [6.07, 6.45) is 2.83. The van der Waals surface area contributed by atoms with Gasteiger partial charge in [-0.1, -0.05) is 25.1 Å². The van der Waals surface area contributed by atoms with Crippen molar-refractivity contribution in [3.63, 3.8) is 0 Å². The van der Waals surface area contributed by atoms with Gasteiger partial charge in [0.15, 0.2) is 0 Å². The molecule has 2 rings (SSSR count). The van der Waals surface area contributed by atoms with E-state index < -0.39 is 0 Å². The van der Waals surface area contributed by atoms with Gasteiger partial charge in [-0.05, 0) is 58.0 Å². The number of anilines is 1. The average molecular weight is 260 g/mol. The summed E-state index contributed by atoms with van der Waals surface area (Å²) in [5, 5.41) is 3.13. The number of hydrogen-bond donors (Lipinski definition) is 1. The summed E-state index contributed by atoms with van der Waals surface area (Å²) in [5.74, 6) is 0.192. The van der Waals surface area contributed by atoms with Crippen molar-refractivity contribution in [2.24, 2.45) is 5.41 Å². The summed E-state index contributed by atoms with van der Waals surface area (Å²) in [6, 6.07) is 7.97. The van der Waals surface area contributed by atoms with Crippen LogP contribution in [0.15, 0.2) is 24.3 Å². The summed E-state index contributed by atoms with van der Waals surface area (Å²) in [7, 11) is 2.12. The maximum absolute atomic E-state index is 12.6. The highest BCUT2D eigenvalue weighted by Gasteiger charge is 2.39. The van der Waals surface area contributed by atoms with Gasteiger partial charge in [0.25, 0.3) is 0 Å². The molecule has 0 radical (unpaired) electrons. The van der Waals surface area contributed by atoms with E-state index in [4.69, 9.17) is 0 Å². The summed E-state index contributed by atoms with van der Waals surface area (Å²) in [4.78, 5) is 15.0. The van der Waals surface area contributed by atoms with Gasteiger partial charge in [0.2, 0.25) is 5.91 Å². The van der Waals surface area contributed by atoms with Crippen molar-refractivity contribution in [2.45, 2.75) is 33.1 Å². The van der Waals surface area contributed by atoms with Crippen molar-refractivity contribution in [3.8, 4) is 0 Å². The maximum Gasteiger partial charge on any atom is 0.230 e. The van der Waals surface area contributed by atoms with Crippen LogP contribution in [0.3, 0.4) is 0 Å². The Morgan fingerprint density at radius 2 is 1.95 bits per heavy atom. The normalized spacial score (nSPS) is 19.1. The van der Waals surface area contributed by atoms with Crippen LogP contribution >= 0.6 is 0 Å². The van der Waals surface area contributed by atoms with Crippen molar-refractivity contribution in [1.82, 2.24) is 4.90 Å². The van der Waals surface area contributed by atoms with Crippen molar-refractivity contribution in [1.29, 1.82) is 0 Å². The van der Waals surface area contributed by atoms with Gasteiger partial charge in [-0.25, -0.2) is 0 Å². The zero-order chi connectivity index (χ0) is 13.9. The summed E-state index contributed by atoms with van der Waals surface area (Å²) < 4.78 is 0. The van der Waals surface area contributed by atoms with Crippen molar-refractivity contribution >= 4 is 11.6 Å². The number of nitrogens with zero attached hydrogens (tertiary/aromatic N) is 1. The van der Waals surface area contributed by atoms with Crippen LogP contribution in [0, 0.1) is 12.3 Å². The lowest BCUT2D eigenvalue weighted by atomic mass is 9.75. The molecule has 1 fully saturated rings. The lowest BCUT2D eigenvalue weighted by molar-refractivity contribution is -0.128. The van der Waals surface area contributed by atoms with Crippen LogP contribution in [-0.4, -0.2) is 30.9 Å². The van der Waals surface area contributed by atoms with Crippen LogP contribution in [0.4, 0.5) is 5.69 Å². The van der Waals surface area contributed by atoms with Crippen molar-refractivity contribution in [2.75, 3.05) is 25.5 Å². The van der Waals surface area contributed by atoms with Crippen LogP contribution in [0.5, 0.6) is 0 Å². The second-order valence-corrected chi connectivity index (χ2v) is 5.71. The quantitative estimate of drug-likeness (QED) is 0.906. The number of para-hydroxylation sites is 1. The fourth-order valence-electron chi connectivity index (χ4n) is 2.76. The van der Waals surface area contributed by atoms with E-state index in [0.29, 0.717) is 0 Å². The monoisotopic (exact) mass is 260 g/mol. The molecule has 0 aliphatic carbocycles. The molecule has 1 saturated heterocycles. The number of carbonyl (C=O) groups is 1. The van der Waals surface area contributed by atoms with E-state index in [9.17, 15) is 4.79 Å². The Kier molecular flexibility index (Phi) is 4.25. The number of aryl methyl sites for hydroxylation is 1. The van der Waals surface area contributed by atoms with E-state index in [0.717, 1.165) is 43.6 Å². The Balaban J connectivity index is 2.12. The summed E-state index contributed by atoms with van der Waals surface area (Å²) in [5.41, 5.74) is 1.88. The van der Waals surface area contributed by atoms with Crippen LogP contribution in [-0.2, 0) is 4.79 Å². The Hall–Kier alpha value is -1.35. The van der Waals surface area contributed by atoms with Gasteiger partial charge in [-0.2, -0.15) is 0 Å². The second kappa shape index (κ2) is 5.74. The van der Waals surface area contributed by atoms with Gasteiger partial charge < -0.3 is 10.2 Å². The van der Waals surface area contributed by atoms with Gasteiger partial charge in [0, 0.05) is 5.69 Å². The highest BCUT2D eigenvalue weighted by molar-refractivity contribution is 5.96. The number of amides is 1. The second-order valence-electron chi connectivity index (χ2n) is 5.71. The number of hydrogen-bond acceptors (Lipinski definition) is 2. The smallest absolute Gasteiger partial charge is 0.230 e. The van der Waals surface area contributed by atoms with Gasteiger partial charge in [-0.3, -0.25) is 4.79 Å². The first-order valence-corrected chi connectivity index (χ1v) is 7.13. The number of rotatable bonds is 3. The Labute approximate surface area is 116 Å².